The molecule has 4 nitrogen and oxygen atoms in total. The highest BCUT2D eigenvalue weighted by atomic mass is 16.5. The lowest BCUT2D eigenvalue weighted by atomic mass is 9.96. The van der Waals surface area contributed by atoms with Crippen molar-refractivity contribution in [2.24, 2.45) is 0 Å². The first-order chi connectivity index (χ1) is 12.5. The zero-order valence-corrected chi connectivity index (χ0v) is 16.7. The van der Waals surface area contributed by atoms with E-state index < -0.39 is 0 Å². The van der Waals surface area contributed by atoms with Gasteiger partial charge in [-0.05, 0) is 68.4 Å². The summed E-state index contributed by atoms with van der Waals surface area (Å²) in [5, 5.41) is 0. The molecule has 0 aliphatic rings. The summed E-state index contributed by atoms with van der Waals surface area (Å²) in [5.41, 5.74) is 6.22. The molecule has 0 atom stereocenters. The van der Waals surface area contributed by atoms with E-state index in [2.05, 4.69) is 69.2 Å². The number of ether oxygens (including phenoxy) is 3. The zero-order valence-electron chi connectivity index (χ0n) is 16.7. The minimum absolute atomic E-state index is 0.529. The molecule has 0 spiro atoms. The van der Waals surface area contributed by atoms with Crippen LogP contribution in [-0.4, -0.2) is 52.5 Å². The van der Waals surface area contributed by atoms with Gasteiger partial charge in [-0.3, -0.25) is 0 Å². The van der Waals surface area contributed by atoms with E-state index in [1.807, 2.05) is 0 Å². The summed E-state index contributed by atoms with van der Waals surface area (Å²) in [6, 6.07) is 13.1. The SMILES string of the molecule is COCCOCCOc1cc(CN(C)C)cc(-c2cc(C)ccc2C)c1. The van der Waals surface area contributed by atoms with Gasteiger partial charge in [-0.25, -0.2) is 0 Å². The average Bonchev–Trinajstić information content (AvgIpc) is 2.59. The minimum Gasteiger partial charge on any atom is -0.491 e. The Morgan fingerprint density at radius 3 is 2.38 bits per heavy atom. The Labute approximate surface area is 157 Å². The third-order valence-electron chi connectivity index (χ3n) is 4.10. The van der Waals surface area contributed by atoms with Crippen LogP contribution in [0.1, 0.15) is 16.7 Å². The largest absolute Gasteiger partial charge is 0.491 e. The van der Waals surface area contributed by atoms with Gasteiger partial charge in [-0.1, -0.05) is 23.8 Å². The number of hydrogen-bond donors (Lipinski definition) is 0. The average molecular weight is 357 g/mol. The number of hydrogen-bond acceptors (Lipinski definition) is 4. The third-order valence-corrected chi connectivity index (χ3v) is 4.10. The van der Waals surface area contributed by atoms with E-state index in [0.29, 0.717) is 26.4 Å². The minimum atomic E-state index is 0.529. The molecule has 0 aromatic heterocycles. The molecule has 0 fully saturated rings. The summed E-state index contributed by atoms with van der Waals surface area (Å²) in [5.74, 6) is 0.885. The maximum Gasteiger partial charge on any atom is 0.120 e. The maximum atomic E-state index is 5.96. The first-order valence-corrected chi connectivity index (χ1v) is 9.05. The molecule has 142 valence electrons. The van der Waals surface area contributed by atoms with Crippen LogP contribution in [0, 0.1) is 13.8 Å². The van der Waals surface area contributed by atoms with Gasteiger partial charge in [0.1, 0.15) is 12.4 Å². The number of rotatable bonds is 10. The lowest BCUT2D eigenvalue weighted by Gasteiger charge is -2.16. The summed E-state index contributed by atoms with van der Waals surface area (Å²) in [6.07, 6.45) is 0. The van der Waals surface area contributed by atoms with Crippen LogP contribution in [0.2, 0.25) is 0 Å². The van der Waals surface area contributed by atoms with Crippen molar-refractivity contribution in [3.8, 4) is 16.9 Å². The Morgan fingerprint density at radius 2 is 1.65 bits per heavy atom. The van der Waals surface area contributed by atoms with Crippen molar-refractivity contribution in [2.75, 3.05) is 47.6 Å². The van der Waals surface area contributed by atoms with E-state index in [4.69, 9.17) is 14.2 Å². The van der Waals surface area contributed by atoms with E-state index in [9.17, 15) is 0 Å². The zero-order chi connectivity index (χ0) is 18.9. The standard InChI is InChI=1S/C22H31NO3/c1-17-6-7-18(2)22(12-17)20-13-19(16-23(3)4)14-21(15-20)26-11-10-25-9-8-24-5/h6-7,12-15H,8-11,16H2,1-5H3. The number of aryl methyl sites for hydroxylation is 2. The highest BCUT2D eigenvalue weighted by molar-refractivity contribution is 5.70. The smallest absolute Gasteiger partial charge is 0.120 e. The Kier molecular flexibility index (Phi) is 8.10. The van der Waals surface area contributed by atoms with Crippen LogP contribution >= 0.6 is 0 Å². The van der Waals surface area contributed by atoms with Crippen molar-refractivity contribution in [2.45, 2.75) is 20.4 Å². The first-order valence-electron chi connectivity index (χ1n) is 9.05. The van der Waals surface area contributed by atoms with Gasteiger partial charge in [0.2, 0.25) is 0 Å². The van der Waals surface area contributed by atoms with Crippen LogP contribution in [-0.2, 0) is 16.0 Å². The quantitative estimate of drug-likeness (QED) is 0.600. The third kappa shape index (κ3) is 6.45. The lowest BCUT2D eigenvalue weighted by Crippen LogP contribution is -2.12. The molecule has 0 N–H and O–H groups in total. The molecule has 0 aliphatic heterocycles. The van der Waals surface area contributed by atoms with Crippen LogP contribution in [0.25, 0.3) is 11.1 Å². The topological polar surface area (TPSA) is 30.9 Å². The second-order valence-corrected chi connectivity index (χ2v) is 6.88. The van der Waals surface area contributed by atoms with Crippen LogP contribution in [0.5, 0.6) is 5.75 Å². The second-order valence-electron chi connectivity index (χ2n) is 6.88. The monoisotopic (exact) mass is 357 g/mol. The van der Waals surface area contributed by atoms with E-state index in [1.54, 1.807) is 7.11 Å². The van der Waals surface area contributed by atoms with Gasteiger partial charge < -0.3 is 19.1 Å². The van der Waals surface area contributed by atoms with Crippen molar-refractivity contribution in [3.63, 3.8) is 0 Å². The Morgan fingerprint density at radius 1 is 0.885 bits per heavy atom. The van der Waals surface area contributed by atoms with Gasteiger partial charge in [-0.15, -0.1) is 0 Å². The predicted octanol–water partition coefficient (Wildman–Crippen LogP) is 4.07. The van der Waals surface area contributed by atoms with Crippen molar-refractivity contribution >= 4 is 0 Å². The fourth-order valence-corrected chi connectivity index (χ4v) is 2.87. The molecule has 0 unspecified atom stereocenters. The van der Waals surface area contributed by atoms with Crippen molar-refractivity contribution in [1.82, 2.24) is 4.90 Å². The normalized spacial score (nSPS) is 11.2. The van der Waals surface area contributed by atoms with Crippen molar-refractivity contribution in [1.29, 1.82) is 0 Å². The molecular weight excluding hydrogens is 326 g/mol. The molecule has 2 aromatic rings. The number of benzene rings is 2. The molecule has 0 radical (unpaired) electrons. The molecule has 4 heteroatoms. The summed E-state index contributed by atoms with van der Waals surface area (Å²) in [7, 11) is 5.83. The second kappa shape index (κ2) is 10.3. The van der Waals surface area contributed by atoms with E-state index in [-0.39, 0.29) is 0 Å². The lowest BCUT2D eigenvalue weighted by molar-refractivity contribution is 0.0544. The van der Waals surface area contributed by atoms with Crippen LogP contribution in [0.3, 0.4) is 0 Å². The molecule has 0 bridgehead atoms. The Hall–Kier alpha value is -1.88. The Balaban J connectivity index is 2.18. The molecule has 0 heterocycles. The predicted molar refractivity (Wildman–Crippen MR) is 107 cm³/mol. The number of nitrogens with zero attached hydrogens (tertiary/aromatic N) is 1. The first kappa shape index (κ1) is 20.4. The fraction of sp³-hybridized carbons (Fsp3) is 0.455. The summed E-state index contributed by atoms with van der Waals surface area (Å²) in [6.45, 7) is 7.43. The highest BCUT2D eigenvalue weighted by Gasteiger charge is 2.08. The molecule has 0 saturated carbocycles. The molecule has 26 heavy (non-hydrogen) atoms. The van der Waals surface area contributed by atoms with E-state index >= 15 is 0 Å². The van der Waals surface area contributed by atoms with Gasteiger partial charge in [0.25, 0.3) is 0 Å². The van der Waals surface area contributed by atoms with Gasteiger partial charge in [0, 0.05) is 13.7 Å². The van der Waals surface area contributed by atoms with Gasteiger partial charge in [0.15, 0.2) is 0 Å². The summed E-state index contributed by atoms with van der Waals surface area (Å²) in [4.78, 5) is 2.17. The molecule has 2 rings (SSSR count). The summed E-state index contributed by atoms with van der Waals surface area (Å²) < 4.78 is 16.4. The van der Waals surface area contributed by atoms with Crippen molar-refractivity contribution < 1.29 is 14.2 Å². The van der Waals surface area contributed by atoms with Crippen LogP contribution < -0.4 is 4.74 Å². The van der Waals surface area contributed by atoms with E-state index in [0.717, 1.165) is 12.3 Å². The molecule has 0 aliphatic carbocycles. The molecule has 0 amide bonds. The molecular formula is C22H31NO3. The number of methoxy groups -OCH3 is 1. The molecule has 0 saturated heterocycles. The van der Waals surface area contributed by atoms with Crippen molar-refractivity contribution in [3.05, 3.63) is 53.1 Å². The maximum absolute atomic E-state index is 5.96. The van der Waals surface area contributed by atoms with Gasteiger partial charge in [0.05, 0.1) is 19.8 Å². The molecule has 2 aromatic carbocycles. The summed E-state index contributed by atoms with van der Waals surface area (Å²) >= 11 is 0. The van der Waals surface area contributed by atoms with Crippen LogP contribution in [0.15, 0.2) is 36.4 Å². The highest BCUT2D eigenvalue weighted by Crippen LogP contribution is 2.30. The fourth-order valence-electron chi connectivity index (χ4n) is 2.87. The van der Waals surface area contributed by atoms with Gasteiger partial charge in [-0.2, -0.15) is 0 Å². The van der Waals surface area contributed by atoms with Gasteiger partial charge >= 0.3 is 0 Å². The van der Waals surface area contributed by atoms with Crippen LogP contribution in [0.4, 0.5) is 0 Å². The van der Waals surface area contributed by atoms with E-state index in [1.165, 1.54) is 27.8 Å². The Bertz CT molecular complexity index is 698.